The lowest BCUT2D eigenvalue weighted by atomic mass is 9.70. The van der Waals surface area contributed by atoms with Gasteiger partial charge in [-0.05, 0) is 32.1 Å². The van der Waals surface area contributed by atoms with Gasteiger partial charge in [0.15, 0.2) is 0 Å². The van der Waals surface area contributed by atoms with Crippen LogP contribution in [0.5, 0.6) is 0 Å². The molecule has 90 valence electrons. The molecule has 1 heterocycles. The molecular formula is C14H18N2S. The average Bonchev–Trinajstić information content (AvgIpc) is 2.80. The fourth-order valence-electron chi connectivity index (χ4n) is 3.00. The highest BCUT2D eigenvalue weighted by atomic mass is 32.1. The van der Waals surface area contributed by atoms with Gasteiger partial charge < -0.3 is 0 Å². The SMILES string of the molecule is N#CC1(c2nc(C3CCCCC3)cs2)CCC1. The van der Waals surface area contributed by atoms with E-state index in [9.17, 15) is 5.26 Å². The molecule has 3 rings (SSSR count). The number of nitrogens with zero attached hydrogens (tertiary/aromatic N) is 2. The minimum Gasteiger partial charge on any atom is -0.244 e. The molecule has 0 amide bonds. The molecule has 0 aliphatic heterocycles. The predicted octanol–water partition coefficient (Wildman–Crippen LogP) is 4.14. The number of hydrogen-bond acceptors (Lipinski definition) is 3. The van der Waals surface area contributed by atoms with Gasteiger partial charge in [-0.3, -0.25) is 0 Å². The van der Waals surface area contributed by atoms with Crippen molar-refractivity contribution in [2.75, 3.05) is 0 Å². The van der Waals surface area contributed by atoms with Gasteiger partial charge in [0.2, 0.25) is 0 Å². The summed E-state index contributed by atoms with van der Waals surface area (Å²) in [6.07, 6.45) is 9.89. The summed E-state index contributed by atoms with van der Waals surface area (Å²) in [7, 11) is 0. The second-order valence-electron chi connectivity index (χ2n) is 5.46. The Labute approximate surface area is 107 Å². The van der Waals surface area contributed by atoms with E-state index in [2.05, 4.69) is 11.4 Å². The smallest absolute Gasteiger partial charge is 0.113 e. The minimum absolute atomic E-state index is 0.211. The number of aromatic nitrogens is 1. The predicted molar refractivity (Wildman–Crippen MR) is 69.1 cm³/mol. The molecule has 2 saturated carbocycles. The van der Waals surface area contributed by atoms with Crippen LogP contribution in [0.4, 0.5) is 0 Å². The van der Waals surface area contributed by atoms with Crippen molar-refractivity contribution in [1.29, 1.82) is 5.26 Å². The Morgan fingerprint density at radius 1 is 1.24 bits per heavy atom. The molecule has 0 bridgehead atoms. The Hall–Kier alpha value is -0.880. The van der Waals surface area contributed by atoms with Crippen molar-refractivity contribution in [2.45, 2.75) is 62.7 Å². The fraction of sp³-hybridized carbons (Fsp3) is 0.714. The van der Waals surface area contributed by atoms with Gasteiger partial charge in [-0.2, -0.15) is 5.26 Å². The van der Waals surface area contributed by atoms with Crippen molar-refractivity contribution in [1.82, 2.24) is 4.98 Å². The monoisotopic (exact) mass is 246 g/mol. The molecule has 0 unspecified atom stereocenters. The molecular weight excluding hydrogens is 228 g/mol. The molecule has 0 spiro atoms. The van der Waals surface area contributed by atoms with Crippen molar-refractivity contribution < 1.29 is 0 Å². The van der Waals surface area contributed by atoms with Gasteiger partial charge in [0.05, 0.1) is 11.8 Å². The van der Waals surface area contributed by atoms with Gasteiger partial charge in [0.1, 0.15) is 10.4 Å². The van der Waals surface area contributed by atoms with E-state index in [1.165, 1.54) is 44.2 Å². The van der Waals surface area contributed by atoms with E-state index in [0.29, 0.717) is 5.92 Å². The minimum atomic E-state index is -0.211. The summed E-state index contributed by atoms with van der Waals surface area (Å²) in [6, 6.07) is 2.50. The van der Waals surface area contributed by atoms with Crippen molar-refractivity contribution in [3.8, 4) is 6.07 Å². The van der Waals surface area contributed by atoms with Gasteiger partial charge in [-0.15, -0.1) is 11.3 Å². The Morgan fingerprint density at radius 3 is 2.59 bits per heavy atom. The van der Waals surface area contributed by atoms with Gasteiger partial charge in [-0.25, -0.2) is 4.98 Å². The molecule has 17 heavy (non-hydrogen) atoms. The van der Waals surface area contributed by atoms with Gasteiger partial charge in [0.25, 0.3) is 0 Å². The van der Waals surface area contributed by atoms with Gasteiger partial charge in [0, 0.05) is 11.3 Å². The lowest BCUT2D eigenvalue weighted by Gasteiger charge is -2.32. The van der Waals surface area contributed by atoms with Crippen molar-refractivity contribution in [2.24, 2.45) is 0 Å². The van der Waals surface area contributed by atoms with Crippen LogP contribution in [0, 0.1) is 11.3 Å². The van der Waals surface area contributed by atoms with Crippen LogP contribution in [0.3, 0.4) is 0 Å². The quantitative estimate of drug-likeness (QED) is 0.786. The summed E-state index contributed by atoms with van der Waals surface area (Å²) >= 11 is 1.72. The van der Waals surface area contributed by atoms with Crippen LogP contribution in [0.15, 0.2) is 5.38 Å². The molecule has 3 heteroatoms. The van der Waals surface area contributed by atoms with Crippen LogP contribution in [0.25, 0.3) is 0 Å². The molecule has 1 aromatic rings. The molecule has 2 aliphatic carbocycles. The first-order valence-electron chi connectivity index (χ1n) is 6.71. The zero-order valence-corrected chi connectivity index (χ0v) is 10.9. The first kappa shape index (κ1) is 11.2. The first-order valence-corrected chi connectivity index (χ1v) is 7.59. The number of hydrogen-bond donors (Lipinski definition) is 0. The van der Waals surface area contributed by atoms with Crippen molar-refractivity contribution in [3.05, 3.63) is 16.1 Å². The third-order valence-electron chi connectivity index (χ3n) is 4.38. The zero-order chi connectivity index (χ0) is 11.7. The number of thiazole rings is 1. The summed E-state index contributed by atoms with van der Waals surface area (Å²) in [5, 5.41) is 12.6. The third-order valence-corrected chi connectivity index (χ3v) is 5.44. The average molecular weight is 246 g/mol. The van der Waals surface area contributed by atoms with Gasteiger partial charge in [-0.1, -0.05) is 19.3 Å². The molecule has 0 atom stereocenters. The van der Waals surface area contributed by atoms with E-state index in [0.717, 1.165) is 17.8 Å². The largest absolute Gasteiger partial charge is 0.244 e. The van der Waals surface area contributed by atoms with E-state index < -0.39 is 0 Å². The standard InChI is InChI=1S/C14H18N2S/c15-10-14(7-4-8-14)13-16-12(9-17-13)11-5-2-1-3-6-11/h9,11H,1-8H2. The molecule has 2 fully saturated rings. The summed E-state index contributed by atoms with van der Waals surface area (Å²) in [5.41, 5.74) is 1.06. The van der Waals surface area contributed by atoms with E-state index >= 15 is 0 Å². The molecule has 1 aromatic heterocycles. The van der Waals surface area contributed by atoms with Crippen molar-refractivity contribution >= 4 is 11.3 Å². The van der Waals surface area contributed by atoms with Crippen molar-refractivity contribution in [3.63, 3.8) is 0 Å². The normalized spacial score (nSPS) is 23.9. The van der Waals surface area contributed by atoms with Gasteiger partial charge >= 0.3 is 0 Å². The first-order chi connectivity index (χ1) is 8.34. The highest BCUT2D eigenvalue weighted by Crippen LogP contribution is 2.45. The Morgan fingerprint density at radius 2 is 2.00 bits per heavy atom. The Balaban J connectivity index is 1.80. The third kappa shape index (κ3) is 1.89. The van der Waals surface area contributed by atoms with E-state index in [4.69, 9.17) is 4.98 Å². The Kier molecular flexibility index (Phi) is 2.92. The fourth-order valence-corrected chi connectivity index (χ4v) is 4.11. The topological polar surface area (TPSA) is 36.7 Å². The molecule has 2 aliphatic rings. The lowest BCUT2D eigenvalue weighted by Crippen LogP contribution is -2.32. The summed E-state index contributed by atoms with van der Waals surface area (Å²) in [5.74, 6) is 0.671. The highest BCUT2D eigenvalue weighted by molar-refractivity contribution is 7.09. The molecule has 2 nitrogen and oxygen atoms in total. The summed E-state index contributed by atoms with van der Waals surface area (Å²) in [6.45, 7) is 0. The van der Waals surface area contributed by atoms with Crippen LogP contribution < -0.4 is 0 Å². The second kappa shape index (κ2) is 4.42. The molecule has 0 N–H and O–H groups in total. The maximum absolute atomic E-state index is 9.33. The molecule has 0 saturated heterocycles. The van der Waals surface area contributed by atoms with Crippen LogP contribution in [-0.4, -0.2) is 4.98 Å². The van der Waals surface area contributed by atoms with E-state index in [1.54, 1.807) is 11.3 Å². The maximum Gasteiger partial charge on any atom is 0.113 e. The maximum atomic E-state index is 9.33. The number of rotatable bonds is 2. The lowest BCUT2D eigenvalue weighted by molar-refractivity contribution is 0.321. The van der Waals surface area contributed by atoms with Crippen LogP contribution in [0.1, 0.15) is 68.0 Å². The zero-order valence-electron chi connectivity index (χ0n) is 10.1. The van der Waals surface area contributed by atoms with Crippen LogP contribution in [-0.2, 0) is 5.41 Å². The highest BCUT2D eigenvalue weighted by Gasteiger charge is 2.42. The molecule has 0 radical (unpaired) electrons. The van der Waals surface area contributed by atoms with Crippen LogP contribution >= 0.6 is 11.3 Å². The van der Waals surface area contributed by atoms with E-state index in [1.807, 2.05) is 0 Å². The molecule has 0 aromatic carbocycles. The number of nitriles is 1. The summed E-state index contributed by atoms with van der Waals surface area (Å²) in [4.78, 5) is 4.79. The summed E-state index contributed by atoms with van der Waals surface area (Å²) < 4.78 is 0. The Bertz CT molecular complexity index is 433. The van der Waals surface area contributed by atoms with Crippen LogP contribution in [0.2, 0.25) is 0 Å². The van der Waals surface area contributed by atoms with E-state index in [-0.39, 0.29) is 5.41 Å². The second-order valence-corrected chi connectivity index (χ2v) is 6.32.